The average Bonchev–Trinajstić information content (AvgIpc) is 2.37. The molecule has 0 spiro atoms. The van der Waals surface area contributed by atoms with Crippen molar-refractivity contribution in [2.75, 3.05) is 7.05 Å². The molecule has 0 amide bonds. The summed E-state index contributed by atoms with van der Waals surface area (Å²) >= 11 is 0. The molecular formula is C12H15N3O4S. The highest BCUT2D eigenvalue weighted by molar-refractivity contribution is 7.89. The Kier molecular flexibility index (Phi) is 4.81. The molecule has 20 heavy (non-hydrogen) atoms. The van der Waals surface area contributed by atoms with Gasteiger partial charge in [0.15, 0.2) is 0 Å². The monoisotopic (exact) mass is 297 g/mol. The molecule has 0 radical (unpaired) electrons. The zero-order chi connectivity index (χ0) is 15.5. The van der Waals surface area contributed by atoms with Gasteiger partial charge < -0.3 is 0 Å². The molecule has 1 aromatic carbocycles. The zero-order valence-corrected chi connectivity index (χ0v) is 12.2. The fraction of sp³-hybridized carbons (Fsp3) is 0.417. The van der Waals surface area contributed by atoms with E-state index in [0.717, 1.165) is 10.4 Å². The minimum atomic E-state index is -3.86. The number of aryl methyl sites for hydroxylation is 1. The predicted molar refractivity (Wildman–Crippen MR) is 72.5 cm³/mol. The van der Waals surface area contributed by atoms with Crippen molar-refractivity contribution in [2.45, 2.75) is 31.2 Å². The Morgan fingerprint density at radius 2 is 2.10 bits per heavy atom. The number of nitro benzene ring substituents is 1. The summed E-state index contributed by atoms with van der Waals surface area (Å²) < 4.78 is 25.7. The molecule has 0 aliphatic rings. The van der Waals surface area contributed by atoms with E-state index in [1.807, 2.05) is 6.07 Å². The van der Waals surface area contributed by atoms with Crippen molar-refractivity contribution in [3.8, 4) is 6.07 Å². The van der Waals surface area contributed by atoms with Gasteiger partial charge in [-0.3, -0.25) is 10.1 Å². The van der Waals surface area contributed by atoms with E-state index in [1.165, 1.54) is 26.1 Å². The van der Waals surface area contributed by atoms with Gasteiger partial charge in [0.25, 0.3) is 5.69 Å². The van der Waals surface area contributed by atoms with Gasteiger partial charge in [0.2, 0.25) is 10.0 Å². The first-order valence-electron chi connectivity index (χ1n) is 5.81. The minimum Gasteiger partial charge on any atom is -0.258 e. The van der Waals surface area contributed by atoms with Gasteiger partial charge in [-0.2, -0.15) is 9.57 Å². The molecule has 0 aliphatic heterocycles. The average molecular weight is 297 g/mol. The molecule has 108 valence electrons. The van der Waals surface area contributed by atoms with Crippen molar-refractivity contribution in [3.05, 3.63) is 33.9 Å². The van der Waals surface area contributed by atoms with Crippen LogP contribution in [0.25, 0.3) is 0 Å². The summed E-state index contributed by atoms with van der Waals surface area (Å²) in [6, 6.07) is 5.15. The van der Waals surface area contributed by atoms with Gasteiger partial charge in [-0.1, -0.05) is 6.07 Å². The Morgan fingerprint density at radius 1 is 1.50 bits per heavy atom. The van der Waals surface area contributed by atoms with Crippen LogP contribution in [0.5, 0.6) is 0 Å². The first-order chi connectivity index (χ1) is 9.21. The highest BCUT2D eigenvalue weighted by Gasteiger charge is 2.27. The Labute approximate surface area is 117 Å². The number of benzene rings is 1. The summed E-state index contributed by atoms with van der Waals surface area (Å²) in [5.41, 5.74) is 0.147. The van der Waals surface area contributed by atoms with E-state index >= 15 is 0 Å². The molecule has 0 fully saturated rings. The van der Waals surface area contributed by atoms with Gasteiger partial charge in [-0.25, -0.2) is 8.42 Å². The Hall–Kier alpha value is -1.98. The number of nitro groups is 1. The molecule has 0 heterocycles. The van der Waals surface area contributed by atoms with Crippen molar-refractivity contribution < 1.29 is 13.3 Å². The molecule has 7 nitrogen and oxygen atoms in total. The van der Waals surface area contributed by atoms with E-state index in [4.69, 9.17) is 5.26 Å². The van der Waals surface area contributed by atoms with Crippen molar-refractivity contribution in [1.29, 1.82) is 5.26 Å². The lowest BCUT2D eigenvalue weighted by molar-refractivity contribution is -0.385. The first kappa shape index (κ1) is 16.1. The van der Waals surface area contributed by atoms with E-state index < -0.39 is 21.0 Å². The van der Waals surface area contributed by atoms with Crippen LogP contribution < -0.4 is 0 Å². The second kappa shape index (κ2) is 5.98. The molecule has 0 saturated carbocycles. The zero-order valence-electron chi connectivity index (χ0n) is 11.4. The Balaban J connectivity index is 3.27. The SMILES string of the molecule is Cc1ccc(S(=O)(=O)N(C)C(C)CC#N)cc1[N+](=O)[O-]. The second-order valence-corrected chi connectivity index (χ2v) is 6.44. The van der Waals surface area contributed by atoms with Crippen LogP contribution >= 0.6 is 0 Å². The van der Waals surface area contributed by atoms with Gasteiger partial charge in [-0.15, -0.1) is 0 Å². The highest BCUT2D eigenvalue weighted by Crippen LogP contribution is 2.25. The molecule has 0 saturated heterocycles. The first-order valence-corrected chi connectivity index (χ1v) is 7.26. The van der Waals surface area contributed by atoms with Gasteiger partial charge in [0, 0.05) is 24.7 Å². The quantitative estimate of drug-likeness (QED) is 0.609. The van der Waals surface area contributed by atoms with Crippen LogP contribution in [0, 0.1) is 28.4 Å². The lowest BCUT2D eigenvalue weighted by atomic mass is 10.2. The third-order valence-corrected chi connectivity index (χ3v) is 5.03. The smallest absolute Gasteiger partial charge is 0.258 e. The van der Waals surface area contributed by atoms with Crippen molar-refractivity contribution in [3.63, 3.8) is 0 Å². The van der Waals surface area contributed by atoms with Crippen LogP contribution in [0.15, 0.2) is 23.1 Å². The standard InChI is InChI=1S/C12H15N3O4S/c1-9-4-5-11(8-12(9)15(16)17)20(18,19)14(3)10(2)6-7-13/h4-5,8,10H,6H2,1-3H3. The fourth-order valence-electron chi connectivity index (χ4n) is 1.61. The number of nitriles is 1. The van der Waals surface area contributed by atoms with Crippen LogP contribution in [0.4, 0.5) is 5.69 Å². The van der Waals surface area contributed by atoms with E-state index in [0.29, 0.717) is 5.56 Å². The molecular weight excluding hydrogens is 282 g/mol. The Morgan fingerprint density at radius 3 is 2.60 bits per heavy atom. The molecule has 1 unspecified atom stereocenters. The van der Waals surface area contributed by atoms with Crippen molar-refractivity contribution >= 4 is 15.7 Å². The summed E-state index contributed by atoms with van der Waals surface area (Å²) in [7, 11) is -2.51. The molecule has 8 heteroatoms. The summed E-state index contributed by atoms with van der Waals surface area (Å²) in [4.78, 5) is 10.1. The van der Waals surface area contributed by atoms with E-state index in [2.05, 4.69) is 0 Å². The summed E-state index contributed by atoms with van der Waals surface area (Å²) in [6.07, 6.45) is 0.0453. The maximum absolute atomic E-state index is 12.3. The number of sulfonamides is 1. The van der Waals surface area contributed by atoms with Crippen molar-refractivity contribution in [2.24, 2.45) is 0 Å². The summed E-state index contributed by atoms with van der Waals surface area (Å²) in [5, 5.41) is 19.5. The highest BCUT2D eigenvalue weighted by atomic mass is 32.2. The minimum absolute atomic E-state index is 0.0453. The fourth-order valence-corrected chi connectivity index (χ4v) is 2.99. The maximum atomic E-state index is 12.3. The summed E-state index contributed by atoms with van der Waals surface area (Å²) in [5.74, 6) is 0. The van der Waals surface area contributed by atoms with Crippen LogP contribution in [-0.2, 0) is 10.0 Å². The van der Waals surface area contributed by atoms with E-state index in [1.54, 1.807) is 6.92 Å². The van der Waals surface area contributed by atoms with E-state index in [9.17, 15) is 18.5 Å². The number of hydrogen-bond donors (Lipinski definition) is 0. The lowest BCUT2D eigenvalue weighted by Gasteiger charge is -2.22. The molecule has 1 rings (SSSR count). The second-order valence-electron chi connectivity index (χ2n) is 4.44. The number of nitrogens with zero attached hydrogens (tertiary/aromatic N) is 3. The Bertz CT molecular complexity index is 664. The maximum Gasteiger partial charge on any atom is 0.273 e. The molecule has 1 aromatic rings. The van der Waals surface area contributed by atoms with Crippen LogP contribution in [0.3, 0.4) is 0 Å². The number of rotatable bonds is 5. The van der Waals surface area contributed by atoms with Gasteiger partial charge in [-0.05, 0) is 19.9 Å². The van der Waals surface area contributed by atoms with E-state index in [-0.39, 0.29) is 17.0 Å². The van der Waals surface area contributed by atoms with Gasteiger partial charge in [0.1, 0.15) is 0 Å². The van der Waals surface area contributed by atoms with Crippen molar-refractivity contribution in [1.82, 2.24) is 4.31 Å². The van der Waals surface area contributed by atoms with Gasteiger partial charge in [0.05, 0.1) is 22.3 Å². The number of hydrogen-bond acceptors (Lipinski definition) is 5. The molecule has 0 aromatic heterocycles. The normalized spacial score (nSPS) is 12.9. The molecule has 0 bridgehead atoms. The molecule has 0 N–H and O–H groups in total. The lowest BCUT2D eigenvalue weighted by Crippen LogP contribution is -2.34. The summed E-state index contributed by atoms with van der Waals surface area (Å²) in [6.45, 7) is 3.14. The topological polar surface area (TPSA) is 104 Å². The van der Waals surface area contributed by atoms with Crippen LogP contribution in [0.2, 0.25) is 0 Å². The largest absolute Gasteiger partial charge is 0.273 e. The predicted octanol–water partition coefficient (Wildman–Crippen LogP) is 1.83. The molecule has 0 aliphatic carbocycles. The van der Waals surface area contributed by atoms with Crippen LogP contribution in [-0.4, -0.2) is 30.7 Å². The van der Waals surface area contributed by atoms with Gasteiger partial charge >= 0.3 is 0 Å². The van der Waals surface area contributed by atoms with Crippen LogP contribution in [0.1, 0.15) is 18.9 Å². The third-order valence-electron chi connectivity index (χ3n) is 3.06. The third kappa shape index (κ3) is 3.12. The molecule has 1 atom stereocenters.